The fraction of sp³-hybridized carbons (Fsp3) is 0.200. The van der Waals surface area contributed by atoms with Gasteiger partial charge in [-0.1, -0.05) is 24.3 Å². The van der Waals surface area contributed by atoms with Gasteiger partial charge in [-0.05, 0) is 24.6 Å². The minimum absolute atomic E-state index is 0.829. The summed E-state index contributed by atoms with van der Waals surface area (Å²) in [5.41, 5.74) is 2.25. The van der Waals surface area contributed by atoms with Gasteiger partial charge in [-0.2, -0.15) is 0 Å². The predicted molar refractivity (Wildman–Crippen MR) is 47.8 cm³/mol. The molecular formula is C10H12O. The third kappa shape index (κ3) is 1.43. The van der Waals surface area contributed by atoms with Gasteiger partial charge in [0.2, 0.25) is 0 Å². The van der Waals surface area contributed by atoms with Gasteiger partial charge in [0, 0.05) is 5.22 Å². The highest BCUT2D eigenvalue weighted by Crippen LogP contribution is 1.92. The van der Waals surface area contributed by atoms with Gasteiger partial charge < -0.3 is 5.11 Å². The molecule has 0 aliphatic rings. The van der Waals surface area contributed by atoms with Crippen molar-refractivity contribution in [3.8, 4) is 0 Å². The van der Waals surface area contributed by atoms with E-state index in [1.165, 1.54) is 5.56 Å². The van der Waals surface area contributed by atoms with Crippen molar-refractivity contribution in [3.63, 3.8) is 0 Å². The largest absolute Gasteiger partial charge is 0.515 e. The van der Waals surface area contributed by atoms with Gasteiger partial charge in [-0.15, -0.1) is 0 Å². The Morgan fingerprint density at radius 2 is 2.00 bits per heavy atom. The van der Waals surface area contributed by atoms with Crippen LogP contribution in [0.3, 0.4) is 0 Å². The molecule has 0 saturated carbocycles. The van der Waals surface area contributed by atoms with Crippen LogP contribution in [0.1, 0.15) is 11.1 Å². The molecular weight excluding hydrogens is 136 g/mol. The molecule has 1 N–H and O–H groups in total. The molecule has 0 radical (unpaired) electrons. The quantitative estimate of drug-likeness (QED) is 0.582. The lowest BCUT2D eigenvalue weighted by Crippen LogP contribution is -2.26. The highest BCUT2D eigenvalue weighted by Gasteiger charge is 1.90. The molecule has 1 aromatic carbocycles. The van der Waals surface area contributed by atoms with E-state index in [-0.39, 0.29) is 0 Å². The van der Waals surface area contributed by atoms with Gasteiger partial charge >= 0.3 is 0 Å². The average molecular weight is 148 g/mol. The molecule has 1 aromatic rings. The van der Waals surface area contributed by atoms with E-state index in [1.807, 2.05) is 26.0 Å². The lowest BCUT2D eigenvalue weighted by atomic mass is 10.1. The summed E-state index contributed by atoms with van der Waals surface area (Å²) in [6.45, 7) is 7.80. The van der Waals surface area contributed by atoms with E-state index >= 15 is 0 Å². The van der Waals surface area contributed by atoms with Crippen molar-refractivity contribution >= 4 is 12.8 Å². The third-order valence-electron chi connectivity index (χ3n) is 1.75. The molecule has 0 atom stereocenters. The Morgan fingerprint density at radius 3 is 2.45 bits per heavy atom. The molecule has 1 nitrogen and oxygen atoms in total. The standard InChI is InChI=1S/C10H12O/c1-7-4-8(2)10(6-11)9(3)5-7/h4-6,11H,2H2,1,3H3/b10-6+. The van der Waals surface area contributed by atoms with Crippen molar-refractivity contribution in [2.75, 3.05) is 0 Å². The first kappa shape index (κ1) is 7.86. The monoisotopic (exact) mass is 148 g/mol. The molecule has 0 unspecified atom stereocenters. The van der Waals surface area contributed by atoms with Crippen molar-refractivity contribution in [2.24, 2.45) is 0 Å². The molecule has 0 saturated heterocycles. The molecule has 1 heteroatoms. The number of hydrogen-bond acceptors (Lipinski definition) is 1. The molecule has 0 spiro atoms. The molecule has 0 amide bonds. The van der Waals surface area contributed by atoms with Gasteiger partial charge in [0.25, 0.3) is 0 Å². The van der Waals surface area contributed by atoms with Crippen LogP contribution in [0.5, 0.6) is 0 Å². The summed E-state index contributed by atoms with van der Waals surface area (Å²) >= 11 is 0. The van der Waals surface area contributed by atoms with E-state index in [0.29, 0.717) is 0 Å². The zero-order chi connectivity index (χ0) is 8.43. The highest BCUT2D eigenvalue weighted by molar-refractivity contribution is 5.30. The minimum Gasteiger partial charge on any atom is -0.515 e. The summed E-state index contributed by atoms with van der Waals surface area (Å²) in [5.74, 6) is 0. The minimum atomic E-state index is 0.829. The number of hydrogen-bond donors (Lipinski definition) is 1. The van der Waals surface area contributed by atoms with Crippen molar-refractivity contribution in [1.29, 1.82) is 0 Å². The summed E-state index contributed by atoms with van der Waals surface area (Å²) in [6, 6.07) is 3.98. The van der Waals surface area contributed by atoms with Crippen LogP contribution in [0.2, 0.25) is 0 Å². The maximum absolute atomic E-state index is 8.83. The summed E-state index contributed by atoms with van der Waals surface area (Å²) in [4.78, 5) is 0. The second kappa shape index (κ2) is 2.79. The van der Waals surface area contributed by atoms with Crippen LogP contribution in [0.4, 0.5) is 0 Å². The third-order valence-corrected chi connectivity index (χ3v) is 1.75. The van der Waals surface area contributed by atoms with Crippen LogP contribution < -0.4 is 10.4 Å². The Labute approximate surface area is 66.3 Å². The number of rotatable bonds is 0. The van der Waals surface area contributed by atoms with Gasteiger partial charge in [0.05, 0.1) is 6.26 Å². The molecule has 0 heterocycles. The molecule has 11 heavy (non-hydrogen) atoms. The lowest BCUT2D eigenvalue weighted by molar-refractivity contribution is 0.539. The van der Waals surface area contributed by atoms with Crippen molar-refractivity contribution in [3.05, 3.63) is 33.7 Å². The van der Waals surface area contributed by atoms with Gasteiger partial charge in [0.1, 0.15) is 0 Å². The molecule has 0 aliphatic heterocycles. The van der Waals surface area contributed by atoms with E-state index in [1.54, 1.807) is 0 Å². The first-order chi connectivity index (χ1) is 5.15. The molecule has 58 valence electrons. The van der Waals surface area contributed by atoms with Crippen molar-refractivity contribution in [1.82, 2.24) is 0 Å². The number of benzene rings is 1. The summed E-state index contributed by atoms with van der Waals surface area (Å²) in [7, 11) is 0. The lowest BCUT2D eigenvalue weighted by Gasteiger charge is -1.96. The molecule has 0 aliphatic carbocycles. The van der Waals surface area contributed by atoms with Gasteiger partial charge in [0.15, 0.2) is 0 Å². The summed E-state index contributed by atoms with van der Waals surface area (Å²) in [5, 5.41) is 10.5. The van der Waals surface area contributed by atoms with Crippen LogP contribution in [0.25, 0.3) is 12.8 Å². The Morgan fingerprint density at radius 1 is 1.36 bits per heavy atom. The molecule has 1 rings (SSSR count). The van der Waals surface area contributed by atoms with Crippen molar-refractivity contribution < 1.29 is 5.11 Å². The first-order valence-corrected chi connectivity index (χ1v) is 3.56. The topological polar surface area (TPSA) is 20.2 Å². The van der Waals surface area contributed by atoms with Crippen LogP contribution in [-0.4, -0.2) is 5.11 Å². The second-order valence-corrected chi connectivity index (χ2v) is 2.78. The van der Waals surface area contributed by atoms with E-state index < -0.39 is 0 Å². The molecule has 0 bridgehead atoms. The van der Waals surface area contributed by atoms with Gasteiger partial charge in [-0.3, -0.25) is 0 Å². The smallest absolute Gasteiger partial charge is 0.0872 e. The maximum atomic E-state index is 8.83. The predicted octanol–water partition coefficient (Wildman–Crippen LogP) is 1.01. The number of aryl methyl sites for hydroxylation is 2. The fourth-order valence-corrected chi connectivity index (χ4v) is 1.25. The zero-order valence-electron chi connectivity index (χ0n) is 6.89. The van der Waals surface area contributed by atoms with Crippen LogP contribution in [0, 0.1) is 13.8 Å². The Hall–Kier alpha value is -1.24. The fourth-order valence-electron chi connectivity index (χ4n) is 1.25. The normalized spacial score (nSPS) is 12.0. The van der Waals surface area contributed by atoms with Crippen LogP contribution in [-0.2, 0) is 0 Å². The average Bonchev–Trinajstić information content (AvgIpc) is 1.85. The summed E-state index contributed by atoms with van der Waals surface area (Å²) in [6.07, 6.45) is 1.11. The van der Waals surface area contributed by atoms with E-state index in [4.69, 9.17) is 5.11 Å². The zero-order valence-corrected chi connectivity index (χ0v) is 6.89. The SMILES string of the molecule is C=c1cc(C)cc(C)/c1=C/O. The number of aliphatic hydroxyl groups excluding tert-OH is 1. The maximum Gasteiger partial charge on any atom is 0.0872 e. The Bertz CT molecular complexity index is 363. The Balaban J connectivity index is 3.64. The van der Waals surface area contributed by atoms with Crippen molar-refractivity contribution in [2.45, 2.75) is 13.8 Å². The second-order valence-electron chi connectivity index (χ2n) is 2.78. The molecule has 0 fully saturated rings. The first-order valence-electron chi connectivity index (χ1n) is 3.56. The van der Waals surface area contributed by atoms with E-state index in [2.05, 4.69) is 6.58 Å². The number of aliphatic hydroxyl groups is 1. The summed E-state index contributed by atoms with van der Waals surface area (Å²) < 4.78 is 0. The van der Waals surface area contributed by atoms with E-state index in [0.717, 1.165) is 22.3 Å². The van der Waals surface area contributed by atoms with E-state index in [9.17, 15) is 0 Å². The van der Waals surface area contributed by atoms with Crippen LogP contribution in [0.15, 0.2) is 12.1 Å². The Kier molecular flexibility index (Phi) is 1.99. The van der Waals surface area contributed by atoms with Crippen LogP contribution >= 0.6 is 0 Å². The highest BCUT2D eigenvalue weighted by atomic mass is 16.2. The molecule has 0 aromatic heterocycles. The van der Waals surface area contributed by atoms with Gasteiger partial charge in [-0.25, -0.2) is 0 Å².